The first-order chi connectivity index (χ1) is 12.6. The summed E-state index contributed by atoms with van der Waals surface area (Å²) >= 11 is 0. The standard InChI is InChI=1S/C18H22N4O4/c1-26-13-6-12(5-11-8-20-17(24)15(11)13)22-9-14(23)21-18(25)16(22)10-3-2-4-19-7-10/h5-6,10,16,19H,2-4,7-9H2,1H3,(H,20,24)(H,21,23,25). The Kier molecular flexibility index (Phi) is 4.28. The number of methoxy groups -OCH3 is 1. The van der Waals surface area contributed by atoms with Gasteiger partial charge in [0, 0.05) is 30.8 Å². The van der Waals surface area contributed by atoms with Crippen molar-refractivity contribution in [2.45, 2.75) is 25.4 Å². The number of hydrogen-bond donors (Lipinski definition) is 3. The highest BCUT2D eigenvalue weighted by molar-refractivity contribution is 6.05. The lowest BCUT2D eigenvalue weighted by atomic mass is 9.88. The summed E-state index contributed by atoms with van der Waals surface area (Å²) in [5.74, 6) is -0.154. The lowest BCUT2D eigenvalue weighted by Gasteiger charge is -2.41. The number of carbonyl (C=O) groups excluding carboxylic acids is 3. The van der Waals surface area contributed by atoms with Gasteiger partial charge in [-0.15, -0.1) is 0 Å². The molecule has 4 rings (SSSR count). The second-order valence-corrected chi connectivity index (χ2v) is 6.96. The smallest absolute Gasteiger partial charge is 0.255 e. The van der Waals surface area contributed by atoms with Crippen LogP contribution in [0.3, 0.4) is 0 Å². The molecule has 8 nitrogen and oxygen atoms in total. The molecule has 0 radical (unpaired) electrons. The number of benzene rings is 1. The fourth-order valence-electron chi connectivity index (χ4n) is 4.16. The van der Waals surface area contributed by atoms with Crippen LogP contribution in [0, 0.1) is 5.92 Å². The van der Waals surface area contributed by atoms with Gasteiger partial charge < -0.3 is 20.3 Å². The van der Waals surface area contributed by atoms with Gasteiger partial charge in [-0.05, 0) is 31.0 Å². The molecule has 0 aliphatic carbocycles. The van der Waals surface area contributed by atoms with Gasteiger partial charge >= 0.3 is 0 Å². The van der Waals surface area contributed by atoms with Gasteiger partial charge in [0.2, 0.25) is 11.8 Å². The fourth-order valence-corrected chi connectivity index (χ4v) is 4.16. The number of nitrogens with one attached hydrogen (secondary N) is 3. The Morgan fingerprint density at radius 3 is 2.81 bits per heavy atom. The summed E-state index contributed by atoms with van der Waals surface area (Å²) in [6.07, 6.45) is 1.93. The highest BCUT2D eigenvalue weighted by atomic mass is 16.5. The second-order valence-electron chi connectivity index (χ2n) is 6.96. The summed E-state index contributed by atoms with van der Waals surface area (Å²) in [7, 11) is 1.52. The maximum atomic E-state index is 12.6. The van der Waals surface area contributed by atoms with Gasteiger partial charge in [0.25, 0.3) is 5.91 Å². The zero-order valence-electron chi connectivity index (χ0n) is 14.6. The third-order valence-electron chi connectivity index (χ3n) is 5.35. The van der Waals surface area contributed by atoms with E-state index < -0.39 is 6.04 Å². The molecule has 2 saturated heterocycles. The summed E-state index contributed by atoms with van der Waals surface area (Å²) in [5.41, 5.74) is 2.08. The predicted molar refractivity (Wildman–Crippen MR) is 94.0 cm³/mol. The van der Waals surface area contributed by atoms with Crippen LogP contribution in [0.2, 0.25) is 0 Å². The molecular weight excluding hydrogens is 336 g/mol. The van der Waals surface area contributed by atoms with E-state index >= 15 is 0 Å². The van der Waals surface area contributed by atoms with Crippen LogP contribution in [0.4, 0.5) is 5.69 Å². The van der Waals surface area contributed by atoms with E-state index in [-0.39, 0.29) is 30.2 Å². The molecule has 3 aliphatic heterocycles. The van der Waals surface area contributed by atoms with Crippen LogP contribution in [-0.4, -0.2) is 50.5 Å². The molecule has 8 heteroatoms. The van der Waals surface area contributed by atoms with Crippen molar-refractivity contribution in [3.05, 3.63) is 23.3 Å². The minimum atomic E-state index is -0.423. The number of ether oxygens (including phenoxy) is 1. The molecule has 2 fully saturated rings. The topological polar surface area (TPSA) is 99.8 Å². The van der Waals surface area contributed by atoms with Gasteiger partial charge in [-0.3, -0.25) is 19.7 Å². The van der Waals surface area contributed by atoms with E-state index in [0.717, 1.165) is 37.2 Å². The van der Waals surface area contributed by atoms with Gasteiger partial charge in [0.05, 0.1) is 19.2 Å². The number of amides is 3. The summed E-state index contributed by atoms with van der Waals surface area (Å²) in [6, 6.07) is 3.21. The van der Waals surface area contributed by atoms with Crippen LogP contribution in [0.15, 0.2) is 12.1 Å². The SMILES string of the molecule is COc1cc(N2CC(=O)NC(=O)C2C2CCCNC2)cc2c1C(=O)NC2. The Balaban J connectivity index is 1.74. The molecule has 3 heterocycles. The highest BCUT2D eigenvalue weighted by Gasteiger charge is 2.40. The van der Waals surface area contributed by atoms with Gasteiger partial charge in [-0.1, -0.05) is 0 Å². The molecule has 3 N–H and O–H groups in total. The second kappa shape index (κ2) is 6.60. The molecule has 3 aliphatic rings. The van der Waals surface area contributed by atoms with E-state index in [1.165, 1.54) is 7.11 Å². The molecule has 0 saturated carbocycles. The van der Waals surface area contributed by atoms with Gasteiger partial charge in [-0.25, -0.2) is 0 Å². The fraction of sp³-hybridized carbons (Fsp3) is 0.500. The Labute approximate surface area is 151 Å². The first-order valence-electron chi connectivity index (χ1n) is 8.88. The van der Waals surface area contributed by atoms with Crippen LogP contribution in [0.25, 0.3) is 0 Å². The molecular formula is C18H22N4O4. The third kappa shape index (κ3) is 2.80. The normalized spacial score (nSPS) is 25.6. The zero-order chi connectivity index (χ0) is 18.3. The number of piperazine rings is 1. The summed E-state index contributed by atoms with van der Waals surface area (Å²) in [4.78, 5) is 38.5. The van der Waals surface area contributed by atoms with E-state index in [0.29, 0.717) is 17.9 Å². The lowest BCUT2D eigenvalue weighted by Crippen LogP contribution is -2.62. The van der Waals surface area contributed by atoms with E-state index in [1.54, 1.807) is 6.07 Å². The summed E-state index contributed by atoms with van der Waals surface area (Å²) in [6.45, 7) is 2.22. The van der Waals surface area contributed by atoms with Crippen molar-refractivity contribution in [3.8, 4) is 5.75 Å². The van der Waals surface area contributed by atoms with Crippen molar-refractivity contribution >= 4 is 23.4 Å². The van der Waals surface area contributed by atoms with Crippen molar-refractivity contribution in [3.63, 3.8) is 0 Å². The minimum Gasteiger partial charge on any atom is -0.496 e. The van der Waals surface area contributed by atoms with Crippen molar-refractivity contribution in [2.24, 2.45) is 5.92 Å². The molecule has 0 bridgehead atoms. The number of imide groups is 1. The number of anilines is 1. The van der Waals surface area contributed by atoms with Crippen LogP contribution >= 0.6 is 0 Å². The average Bonchev–Trinajstić information content (AvgIpc) is 3.02. The minimum absolute atomic E-state index is 0.107. The molecule has 1 aromatic carbocycles. The van der Waals surface area contributed by atoms with E-state index in [4.69, 9.17) is 4.74 Å². The number of rotatable bonds is 3. The molecule has 0 aromatic heterocycles. The molecule has 0 spiro atoms. The summed E-state index contributed by atoms with van der Waals surface area (Å²) in [5, 5.41) is 8.59. The largest absolute Gasteiger partial charge is 0.496 e. The molecule has 138 valence electrons. The molecule has 26 heavy (non-hydrogen) atoms. The number of carbonyl (C=O) groups is 3. The van der Waals surface area contributed by atoms with Crippen molar-refractivity contribution in [1.82, 2.24) is 16.0 Å². The molecule has 2 unspecified atom stereocenters. The lowest BCUT2D eigenvalue weighted by molar-refractivity contribution is -0.134. The molecule has 3 amide bonds. The van der Waals surface area contributed by atoms with Gasteiger partial charge in [-0.2, -0.15) is 0 Å². The van der Waals surface area contributed by atoms with Crippen molar-refractivity contribution in [2.75, 3.05) is 31.6 Å². The average molecular weight is 358 g/mol. The van der Waals surface area contributed by atoms with E-state index in [9.17, 15) is 14.4 Å². The molecule has 1 aromatic rings. The van der Waals surface area contributed by atoms with Gasteiger partial charge in [0.1, 0.15) is 11.8 Å². The van der Waals surface area contributed by atoms with E-state index in [2.05, 4.69) is 16.0 Å². The number of fused-ring (bicyclic) bond motifs is 1. The predicted octanol–water partition coefficient (Wildman–Crippen LogP) is -0.230. The third-order valence-corrected chi connectivity index (χ3v) is 5.35. The number of piperidine rings is 1. The van der Waals surface area contributed by atoms with Crippen molar-refractivity contribution < 1.29 is 19.1 Å². The maximum Gasteiger partial charge on any atom is 0.255 e. The number of hydrogen-bond acceptors (Lipinski definition) is 6. The van der Waals surface area contributed by atoms with Crippen LogP contribution in [-0.2, 0) is 16.1 Å². The first kappa shape index (κ1) is 16.8. The monoisotopic (exact) mass is 358 g/mol. The Morgan fingerprint density at radius 2 is 2.08 bits per heavy atom. The van der Waals surface area contributed by atoms with Crippen LogP contribution in [0.1, 0.15) is 28.8 Å². The Morgan fingerprint density at radius 1 is 1.23 bits per heavy atom. The quantitative estimate of drug-likeness (QED) is 0.646. The molecule has 2 atom stereocenters. The Hall–Kier alpha value is -2.61. The first-order valence-corrected chi connectivity index (χ1v) is 8.88. The Bertz CT molecular complexity index is 773. The van der Waals surface area contributed by atoms with Crippen LogP contribution < -0.4 is 25.6 Å². The highest BCUT2D eigenvalue weighted by Crippen LogP contribution is 2.35. The van der Waals surface area contributed by atoms with Gasteiger partial charge in [0.15, 0.2) is 0 Å². The zero-order valence-corrected chi connectivity index (χ0v) is 14.6. The van der Waals surface area contributed by atoms with Crippen molar-refractivity contribution in [1.29, 1.82) is 0 Å². The van der Waals surface area contributed by atoms with E-state index in [1.807, 2.05) is 11.0 Å². The maximum absolute atomic E-state index is 12.6. The number of nitrogens with zero attached hydrogens (tertiary/aromatic N) is 1. The van der Waals surface area contributed by atoms with Crippen LogP contribution in [0.5, 0.6) is 5.75 Å². The summed E-state index contributed by atoms with van der Waals surface area (Å²) < 4.78 is 5.41.